The summed E-state index contributed by atoms with van der Waals surface area (Å²) >= 11 is 0. The zero-order chi connectivity index (χ0) is 10.7. The molecule has 0 aliphatic carbocycles. The third-order valence-corrected chi connectivity index (χ3v) is 4.44. The summed E-state index contributed by atoms with van der Waals surface area (Å²) in [6.07, 6.45) is 3.74. The zero-order valence-electron chi connectivity index (χ0n) is 8.13. The molecule has 0 radical (unpaired) electrons. The number of rotatable bonds is 1. The lowest BCUT2D eigenvalue weighted by Crippen LogP contribution is -2.06. The predicted octanol–water partition coefficient (Wildman–Crippen LogP) is 2.00. The van der Waals surface area contributed by atoms with E-state index in [4.69, 9.17) is 0 Å². The molecule has 15 heavy (non-hydrogen) atoms. The Kier molecular flexibility index (Phi) is 2.68. The first kappa shape index (κ1) is 10.1. The Labute approximate surface area is 89.0 Å². The second kappa shape index (κ2) is 3.98. The van der Waals surface area contributed by atoms with Crippen LogP contribution < -0.4 is 0 Å². The molecule has 0 N–H and O–H groups in total. The van der Waals surface area contributed by atoms with Gasteiger partial charge in [0.25, 0.3) is 5.91 Å². The van der Waals surface area contributed by atoms with Gasteiger partial charge in [0, 0.05) is 16.7 Å². The highest BCUT2D eigenvalue weighted by Gasteiger charge is 2.15. The summed E-state index contributed by atoms with van der Waals surface area (Å²) < 4.78 is 16.2. The highest BCUT2D eigenvalue weighted by atomic mass is 32.2. The van der Waals surface area contributed by atoms with Crippen LogP contribution in [0.15, 0.2) is 51.7 Å². The van der Waals surface area contributed by atoms with E-state index in [1.807, 2.05) is 6.07 Å². The van der Waals surface area contributed by atoms with E-state index in [1.54, 1.807) is 30.3 Å². The maximum absolute atomic E-state index is 12.4. The van der Waals surface area contributed by atoms with Gasteiger partial charge in [0.1, 0.15) is 0 Å². The van der Waals surface area contributed by atoms with E-state index < -0.39 is 15.6 Å². The maximum Gasteiger partial charge on any atom is 0.277 e. The number of nitrogens with zero attached hydrogens (tertiary/aromatic N) is 1. The van der Waals surface area contributed by atoms with Gasteiger partial charge in [-0.3, -0.25) is 4.79 Å². The number of allylic oxidation sites excluding steroid dienone is 1. The minimum absolute atomic E-state index is 0.402. The second-order valence-corrected chi connectivity index (χ2v) is 5.62. The van der Waals surface area contributed by atoms with E-state index in [0.717, 1.165) is 0 Å². The van der Waals surface area contributed by atoms with Crippen molar-refractivity contribution in [3.05, 3.63) is 42.5 Å². The van der Waals surface area contributed by atoms with Crippen molar-refractivity contribution >= 4 is 15.6 Å². The van der Waals surface area contributed by atoms with Crippen LogP contribution in [0.1, 0.15) is 6.42 Å². The van der Waals surface area contributed by atoms with Crippen molar-refractivity contribution in [2.24, 2.45) is 4.36 Å². The van der Waals surface area contributed by atoms with Crippen LogP contribution in [0.2, 0.25) is 0 Å². The van der Waals surface area contributed by atoms with Gasteiger partial charge in [0.15, 0.2) is 0 Å². The van der Waals surface area contributed by atoms with Crippen molar-refractivity contribution in [3.63, 3.8) is 0 Å². The fourth-order valence-corrected chi connectivity index (χ4v) is 3.26. The molecule has 3 nitrogen and oxygen atoms in total. The molecule has 1 heterocycles. The lowest BCUT2D eigenvalue weighted by atomic mass is 10.4. The lowest BCUT2D eigenvalue weighted by molar-refractivity contribution is -0.113. The number of hydrogen-bond acceptors (Lipinski definition) is 2. The smallest absolute Gasteiger partial charge is 0.267 e. The Bertz CT molecular complexity index is 511. The Hall–Kier alpha value is -1.42. The van der Waals surface area contributed by atoms with Crippen molar-refractivity contribution in [2.75, 3.05) is 5.75 Å². The molecule has 1 atom stereocenters. The summed E-state index contributed by atoms with van der Waals surface area (Å²) in [5.41, 5.74) is 0. The van der Waals surface area contributed by atoms with E-state index in [9.17, 15) is 9.00 Å². The molecule has 0 fully saturated rings. The van der Waals surface area contributed by atoms with Gasteiger partial charge in [-0.05, 0) is 18.6 Å². The monoisotopic (exact) mass is 221 g/mol. The summed E-state index contributed by atoms with van der Waals surface area (Å²) in [5, 5.41) is 0. The van der Waals surface area contributed by atoms with Crippen LogP contribution in [0.5, 0.6) is 0 Å². The SMILES string of the molecule is O=C1C=CCCS(=O)(c2ccccc2)=N1. The quantitative estimate of drug-likeness (QED) is 0.728. The molecule has 78 valence electrons. The van der Waals surface area contributed by atoms with Crippen molar-refractivity contribution in [3.8, 4) is 0 Å². The van der Waals surface area contributed by atoms with E-state index in [0.29, 0.717) is 17.1 Å². The molecule has 0 aromatic heterocycles. The van der Waals surface area contributed by atoms with Crippen LogP contribution in [0.3, 0.4) is 0 Å². The topological polar surface area (TPSA) is 46.5 Å². The maximum atomic E-state index is 12.4. The summed E-state index contributed by atoms with van der Waals surface area (Å²) in [6.45, 7) is 0. The average molecular weight is 221 g/mol. The first-order valence-electron chi connectivity index (χ1n) is 4.71. The van der Waals surface area contributed by atoms with Crippen LogP contribution in [0.4, 0.5) is 0 Å². The molecule has 1 aliphatic rings. The molecule has 1 unspecified atom stereocenters. The zero-order valence-corrected chi connectivity index (χ0v) is 8.94. The van der Waals surface area contributed by atoms with Crippen LogP contribution in [-0.4, -0.2) is 15.9 Å². The van der Waals surface area contributed by atoms with E-state index in [-0.39, 0.29) is 0 Å². The molecule has 4 heteroatoms. The number of carbonyl (C=O) groups is 1. The number of carbonyl (C=O) groups excluding carboxylic acids is 1. The van der Waals surface area contributed by atoms with E-state index in [2.05, 4.69) is 4.36 Å². The summed E-state index contributed by atoms with van der Waals surface area (Å²) in [6, 6.07) is 8.97. The van der Waals surface area contributed by atoms with Gasteiger partial charge in [-0.2, -0.15) is 4.36 Å². The molecule has 1 aliphatic heterocycles. The third-order valence-electron chi connectivity index (χ3n) is 2.17. The molecular formula is C11H11NO2S. The minimum Gasteiger partial charge on any atom is -0.267 e. The van der Waals surface area contributed by atoms with Crippen molar-refractivity contribution in [1.29, 1.82) is 0 Å². The van der Waals surface area contributed by atoms with Gasteiger partial charge >= 0.3 is 0 Å². The third kappa shape index (κ3) is 2.15. The van der Waals surface area contributed by atoms with Gasteiger partial charge in [-0.15, -0.1) is 0 Å². The summed E-state index contributed by atoms with van der Waals surface area (Å²) in [5.74, 6) is 0.0144. The first-order chi connectivity index (χ1) is 7.21. The largest absolute Gasteiger partial charge is 0.277 e. The van der Waals surface area contributed by atoms with Gasteiger partial charge in [-0.25, -0.2) is 4.21 Å². The standard InChI is InChI=1S/C11H11NO2S/c13-11-8-4-5-9-15(14,12-11)10-6-2-1-3-7-10/h1-4,6-8H,5,9H2. The van der Waals surface area contributed by atoms with Gasteiger partial charge in [0.05, 0.1) is 9.73 Å². The number of benzene rings is 1. The van der Waals surface area contributed by atoms with E-state index in [1.165, 1.54) is 6.08 Å². The van der Waals surface area contributed by atoms with Crippen LogP contribution in [0, 0.1) is 0 Å². The minimum atomic E-state index is -2.54. The Balaban J connectivity index is 2.52. The highest BCUT2D eigenvalue weighted by Crippen LogP contribution is 2.17. The molecular weight excluding hydrogens is 210 g/mol. The molecule has 1 amide bonds. The lowest BCUT2D eigenvalue weighted by Gasteiger charge is -2.06. The van der Waals surface area contributed by atoms with Crippen molar-refractivity contribution in [1.82, 2.24) is 0 Å². The molecule has 2 rings (SSSR count). The fraction of sp³-hybridized carbons (Fsp3) is 0.182. The molecule has 1 aromatic rings. The summed E-state index contributed by atoms with van der Waals surface area (Å²) in [7, 11) is -2.54. The summed E-state index contributed by atoms with van der Waals surface area (Å²) in [4.78, 5) is 11.9. The molecule has 0 spiro atoms. The Morgan fingerprint density at radius 1 is 1.20 bits per heavy atom. The van der Waals surface area contributed by atoms with Gasteiger partial charge in [-0.1, -0.05) is 24.3 Å². The van der Waals surface area contributed by atoms with Crippen molar-refractivity contribution in [2.45, 2.75) is 11.3 Å². The molecule has 0 bridgehead atoms. The second-order valence-electron chi connectivity index (χ2n) is 3.28. The first-order valence-corrected chi connectivity index (χ1v) is 6.39. The van der Waals surface area contributed by atoms with Crippen LogP contribution in [0.25, 0.3) is 0 Å². The van der Waals surface area contributed by atoms with Crippen molar-refractivity contribution < 1.29 is 9.00 Å². The van der Waals surface area contributed by atoms with Crippen LogP contribution in [-0.2, 0) is 14.5 Å². The fourth-order valence-electron chi connectivity index (χ4n) is 1.44. The van der Waals surface area contributed by atoms with Gasteiger partial charge < -0.3 is 0 Å². The van der Waals surface area contributed by atoms with E-state index >= 15 is 0 Å². The predicted molar refractivity (Wildman–Crippen MR) is 58.9 cm³/mol. The normalized spacial score (nSPS) is 25.7. The highest BCUT2D eigenvalue weighted by molar-refractivity contribution is 7.94. The molecule has 0 saturated heterocycles. The van der Waals surface area contributed by atoms with Gasteiger partial charge in [0.2, 0.25) is 0 Å². The average Bonchev–Trinajstić information content (AvgIpc) is 2.42. The molecule has 0 saturated carbocycles. The Morgan fingerprint density at radius 2 is 1.93 bits per heavy atom. The van der Waals surface area contributed by atoms with Crippen LogP contribution >= 0.6 is 0 Å². The number of amides is 1. The number of hydrogen-bond donors (Lipinski definition) is 0. The Morgan fingerprint density at radius 3 is 2.67 bits per heavy atom. The molecule has 1 aromatic carbocycles.